The molecule has 3 nitrogen and oxygen atoms in total. The van der Waals surface area contributed by atoms with Gasteiger partial charge < -0.3 is 9.30 Å². The molecule has 5 heteroatoms. The van der Waals surface area contributed by atoms with Crippen molar-refractivity contribution in [2.45, 2.75) is 0 Å². The fourth-order valence-electron chi connectivity index (χ4n) is 2.28. The summed E-state index contributed by atoms with van der Waals surface area (Å²) in [7, 11) is 0. The van der Waals surface area contributed by atoms with E-state index in [1.165, 1.54) is 4.57 Å². The number of hydrogen-bond acceptors (Lipinski definition) is 2. The van der Waals surface area contributed by atoms with E-state index in [9.17, 15) is 13.6 Å². The molecule has 0 aliphatic heterocycles. The summed E-state index contributed by atoms with van der Waals surface area (Å²) in [6, 6.07) is 10.8. The van der Waals surface area contributed by atoms with E-state index >= 15 is 0 Å². The summed E-state index contributed by atoms with van der Waals surface area (Å²) in [5.41, 5.74) is 0.682. The number of hydrogen-bond donors (Lipinski definition) is 0. The minimum atomic E-state index is -0.829. The summed E-state index contributed by atoms with van der Waals surface area (Å²) < 4.78 is 34.2. The molecular weight excluding hydrogens is 288 g/mol. The van der Waals surface area contributed by atoms with Gasteiger partial charge in [-0.05, 0) is 17.5 Å². The Labute approximate surface area is 125 Å². The molecule has 2 aromatic carbocycles. The van der Waals surface area contributed by atoms with Gasteiger partial charge in [-0.25, -0.2) is 13.6 Å². The Hall–Kier alpha value is -2.95. The van der Waals surface area contributed by atoms with Gasteiger partial charge in [0.2, 0.25) is 0 Å². The zero-order valence-corrected chi connectivity index (χ0v) is 11.4. The van der Waals surface area contributed by atoms with Gasteiger partial charge in [0.25, 0.3) is 0 Å². The molecule has 0 N–H and O–H groups in total. The molecule has 3 rings (SSSR count). The SMILES string of the molecule is C=CC(=O)Oc1cc(F)cc(F)c1-n1ccc2ccccc21. The zero-order valence-electron chi connectivity index (χ0n) is 11.4. The normalized spacial score (nSPS) is 10.6. The number of aromatic nitrogens is 1. The van der Waals surface area contributed by atoms with Crippen molar-refractivity contribution in [1.29, 1.82) is 0 Å². The van der Waals surface area contributed by atoms with Crippen LogP contribution in [0.15, 0.2) is 61.3 Å². The van der Waals surface area contributed by atoms with Gasteiger partial charge in [-0.15, -0.1) is 0 Å². The number of esters is 1. The number of halogens is 2. The van der Waals surface area contributed by atoms with Gasteiger partial charge >= 0.3 is 5.97 Å². The quantitative estimate of drug-likeness (QED) is 0.416. The van der Waals surface area contributed by atoms with E-state index in [4.69, 9.17) is 4.74 Å². The number of rotatable bonds is 3. The third kappa shape index (κ3) is 2.37. The third-order valence-electron chi connectivity index (χ3n) is 3.21. The van der Waals surface area contributed by atoms with E-state index in [1.807, 2.05) is 12.1 Å². The number of nitrogens with zero attached hydrogens (tertiary/aromatic N) is 1. The summed E-state index contributed by atoms with van der Waals surface area (Å²) in [6.07, 6.45) is 2.56. The number of fused-ring (bicyclic) bond motifs is 1. The van der Waals surface area contributed by atoms with Crippen molar-refractivity contribution in [3.8, 4) is 11.4 Å². The fourth-order valence-corrected chi connectivity index (χ4v) is 2.28. The van der Waals surface area contributed by atoms with Crippen molar-refractivity contribution in [2.75, 3.05) is 0 Å². The van der Waals surface area contributed by atoms with Gasteiger partial charge in [0.05, 0.1) is 5.52 Å². The molecule has 0 bridgehead atoms. The van der Waals surface area contributed by atoms with Crippen LogP contribution in [0.2, 0.25) is 0 Å². The van der Waals surface area contributed by atoms with Gasteiger partial charge in [0, 0.05) is 24.4 Å². The van der Waals surface area contributed by atoms with E-state index in [-0.39, 0.29) is 11.4 Å². The van der Waals surface area contributed by atoms with Gasteiger partial charge in [-0.2, -0.15) is 0 Å². The number of para-hydroxylation sites is 1. The standard InChI is InChI=1S/C17H11F2NO2/c1-2-16(21)22-15-10-12(18)9-13(19)17(15)20-8-7-11-5-3-4-6-14(11)20/h2-10H,1H2. The molecule has 0 fully saturated rings. The highest BCUT2D eigenvalue weighted by molar-refractivity contribution is 5.85. The summed E-state index contributed by atoms with van der Waals surface area (Å²) in [4.78, 5) is 11.4. The van der Waals surface area contributed by atoms with Crippen LogP contribution in [-0.4, -0.2) is 10.5 Å². The number of benzene rings is 2. The van der Waals surface area contributed by atoms with Crippen molar-refractivity contribution in [3.63, 3.8) is 0 Å². The van der Waals surface area contributed by atoms with Crippen LogP contribution >= 0.6 is 0 Å². The van der Waals surface area contributed by atoms with Gasteiger partial charge in [0.15, 0.2) is 11.6 Å². The summed E-state index contributed by atoms with van der Waals surface area (Å²) >= 11 is 0. The number of carbonyl (C=O) groups excluding carboxylic acids is 1. The Balaban J connectivity index is 2.25. The minimum Gasteiger partial charge on any atom is -0.421 e. The first-order chi connectivity index (χ1) is 10.6. The second-order valence-electron chi connectivity index (χ2n) is 4.60. The summed E-state index contributed by atoms with van der Waals surface area (Å²) in [5.74, 6) is -2.65. The van der Waals surface area contributed by atoms with E-state index in [0.717, 1.165) is 23.6 Å². The first-order valence-electron chi connectivity index (χ1n) is 6.50. The lowest BCUT2D eigenvalue weighted by molar-refractivity contribution is -0.128. The predicted octanol–water partition coefficient (Wildman–Crippen LogP) is 4.00. The highest BCUT2D eigenvalue weighted by atomic mass is 19.1. The van der Waals surface area contributed by atoms with Gasteiger partial charge in [-0.1, -0.05) is 24.8 Å². The Morgan fingerprint density at radius 3 is 2.73 bits per heavy atom. The Morgan fingerprint density at radius 1 is 1.18 bits per heavy atom. The van der Waals surface area contributed by atoms with E-state index in [2.05, 4.69) is 6.58 Å². The van der Waals surface area contributed by atoms with Gasteiger partial charge in [-0.3, -0.25) is 0 Å². The average Bonchev–Trinajstić information content (AvgIpc) is 2.90. The molecule has 0 aliphatic carbocycles. The van der Waals surface area contributed by atoms with E-state index < -0.39 is 17.6 Å². The van der Waals surface area contributed by atoms with Crippen LogP contribution < -0.4 is 4.74 Å². The van der Waals surface area contributed by atoms with Crippen LogP contribution in [-0.2, 0) is 4.79 Å². The molecule has 0 unspecified atom stereocenters. The second-order valence-corrected chi connectivity index (χ2v) is 4.60. The lowest BCUT2D eigenvalue weighted by Gasteiger charge is -2.12. The molecule has 1 aromatic heterocycles. The molecule has 0 saturated heterocycles. The highest BCUT2D eigenvalue weighted by Gasteiger charge is 2.18. The van der Waals surface area contributed by atoms with Crippen molar-refractivity contribution >= 4 is 16.9 Å². The maximum atomic E-state index is 14.3. The van der Waals surface area contributed by atoms with Crippen LogP contribution in [0, 0.1) is 11.6 Å². The van der Waals surface area contributed by atoms with E-state index in [1.54, 1.807) is 24.4 Å². The van der Waals surface area contributed by atoms with Crippen molar-refractivity contribution in [2.24, 2.45) is 0 Å². The van der Waals surface area contributed by atoms with Gasteiger partial charge in [0.1, 0.15) is 11.5 Å². The molecule has 0 radical (unpaired) electrons. The first-order valence-corrected chi connectivity index (χ1v) is 6.50. The maximum Gasteiger partial charge on any atom is 0.335 e. The largest absolute Gasteiger partial charge is 0.421 e. The lowest BCUT2D eigenvalue weighted by atomic mass is 10.2. The Kier molecular flexibility index (Phi) is 3.47. The predicted molar refractivity (Wildman–Crippen MR) is 79.0 cm³/mol. The Bertz CT molecular complexity index is 883. The minimum absolute atomic E-state index is 0.0298. The van der Waals surface area contributed by atoms with Crippen LogP contribution in [0.4, 0.5) is 8.78 Å². The van der Waals surface area contributed by atoms with Crippen molar-refractivity contribution < 1.29 is 18.3 Å². The monoisotopic (exact) mass is 299 g/mol. The molecule has 0 aliphatic rings. The molecule has 22 heavy (non-hydrogen) atoms. The fraction of sp³-hybridized carbons (Fsp3) is 0. The summed E-state index contributed by atoms with van der Waals surface area (Å²) in [5, 5.41) is 0.882. The average molecular weight is 299 g/mol. The molecule has 0 saturated carbocycles. The smallest absolute Gasteiger partial charge is 0.335 e. The molecule has 3 aromatic rings. The van der Waals surface area contributed by atoms with Crippen molar-refractivity contribution in [1.82, 2.24) is 4.57 Å². The molecule has 0 amide bonds. The van der Waals surface area contributed by atoms with Crippen LogP contribution in [0.1, 0.15) is 0 Å². The van der Waals surface area contributed by atoms with E-state index in [0.29, 0.717) is 5.52 Å². The lowest BCUT2D eigenvalue weighted by Crippen LogP contribution is -2.08. The first kappa shape index (κ1) is 14.0. The molecule has 1 heterocycles. The third-order valence-corrected chi connectivity index (χ3v) is 3.21. The zero-order chi connectivity index (χ0) is 15.7. The van der Waals surface area contributed by atoms with Crippen LogP contribution in [0.3, 0.4) is 0 Å². The second kappa shape index (κ2) is 5.44. The molecular formula is C17H11F2NO2. The molecule has 110 valence electrons. The number of carbonyl (C=O) groups is 1. The highest BCUT2D eigenvalue weighted by Crippen LogP contribution is 2.31. The topological polar surface area (TPSA) is 31.2 Å². The molecule has 0 spiro atoms. The maximum absolute atomic E-state index is 14.3. The van der Waals surface area contributed by atoms with Crippen molar-refractivity contribution in [3.05, 3.63) is 73.0 Å². The van der Waals surface area contributed by atoms with Crippen LogP contribution in [0.5, 0.6) is 5.75 Å². The number of ether oxygens (including phenoxy) is 1. The molecule has 0 atom stereocenters. The van der Waals surface area contributed by atoms with Crippen LogP contribution in [0.25, 0.3) is 16.6 Å². The summed E-state index contributed by atoms with van der Waals surface area (Å²) in [6.45, 7) is 3.28. The Morgan fingerprint density at radius 2 is 1.95 bits per heavy atom.